The van der Waals surface area contributed by atoms with Gasteiger partial charge in [0, 0.05) is 19.0 Å². The molecule has 5 nitrogen and oxygen atoms in total. The maximum Gasteiger partial charge on any atom is 0.236 e. The van der Waals surface area contributed by atoms with Crippen LogP contribution in [-0.4, -0.2) is 40.9 Å². The van der Waals surface area contributed by atoms with Gasteiger partial charge in [-0.25, -0.2) is 0 Å². The van der Waals surface area contributed by atoms with Crippen molar-refractivity contribution in [2.24, 2.45) is 5.73 Å². The van der Waals surface area contributed by atoms with E-state index in [1.54, 1.807) is 13.8 Å². The summed E-state index contributed by atoms with van der Waals surface area (Å²) in [6, 6.07) is 0.128. The van der Waals surface area contributed by atoms with Gasteiger partial charge in [-0.15, -0.1) is 0 Å². The molecule has 0 spiro atoms. The van der Waals surface area contributed by atoms with Crippen molar-refractivity contribution in [3.05, 3.63) is 0 Å². The molecule has 0 unspecified atom stereocenters. The standard InChI is InChI=1S/C14H25N3O2/c1-9(15)14(19)16-12-5-3-4-6-13(12)17(10(2)18)11-7-8-11/h9,11-13H,3-8,15H2,1-2H3,(H,16,19)/t9-,12+,13+/m0/s1. The van der Waals surface area contributed by atoms with Crippen LogP contribution in [0.25, 0.3) is 0 Å². The SMILES string of the molecule is CC(=O)N(C1CC1)[C@@H]1CCCC[C@H]1NC(=O)[C@H](C)N. The molecule has 0 aromatic heterocycles. The lowest BCUT2D eigenvalue weighted by Crippen LogP contribution is -2.57. The minimum Gasteiger partial charge on any atom is -0.350 e. The molecule has 2 rings (SSSR count). The lowest BCUT2D eigenvalue weighted by molar-refractivity contribution is -0.134. The number of nitrogens with one attached hydrogen (secondary N) is 1. The van der Waals surface area contributed by atoms with Crippen molar-refractivity contribution in [3.8, 4) is 0 Å². The highest BCUT2D eigenvalue weighted by molar-refractivity contribution is 5.81. The Labute approximate surface area is 114 Å². The number of nitrogens with zero attached hydrogens (tertiary/aromatic N) is 1. The third-order valence-electron chi connectivity index (χ3n) is 4.13. The summed E-state index contributed by atoms with van der Waals surface area (Å²) < 4.78 is 0. The number of rotatable bonds is 4. The third-order valence-corrected chi connectivity index (χ3v) is 4.13. The molecule has 0 heterocycles. The molecule has 0 aromatic rings. The molecule has 108 valence electrons. The first-order valence-electron chi connectivity index (χ1n) is 7.35. The number of carbonyl (C=O) groups is 2. The Hall–Kier alpha value is -1.10. The van der Waals surface area contributed by atoms with Crippen LogP contribution < -0.4 is 11.1 Å². The molecule has 0 aliphatic heterocycles. The van der Waals surface area contributed by atoms with E-state index >= 15 is 0 Å². The molecule has 0 saturated heterocycles. The van der Waals surface area contributed by atoms with Gasteiger partial charge >= 0.3 is 0 Å². The highest BCUT2D eigenvalue weighted by Crippen LogP contribution is 2.33. The van der Waals surface area contributed by atoms with Crippen LogP contribution in [0.2, 0.25) is 0 Å². The molecule has 19 heavy (non-hydrogen) atoms. The first-order valence-corrected chi connectivity index (χ1v) is 7.35. The van der Waals surface area contributed by atoms with E-state index in [1.807, 2.05) is 4.90 Å². The zero-order chi connectivity index (χ0) is 14.0. The van der Waals surface area contributed by atoms with Crippen LogP contribution in [0.4, 0.5) is 0 Å². The van der Waals surface area contributed by atoms with Gasteiger partial charge in [0.25, 0.3) is 0 Å². The van der Waals surface area contributed by atoms with E-state index in [0.717, 1.165) is 38.5 Å². The number of carbonyl (C=O) groups excluding carboxylic acids is 2. The second kappa shape index (κ2) is 5.90. The van der Waals surface area contributed by atoms with Crippen molar-refractivity contribution in [1.29, 1.82) is 0 Å². The van der Waals surface area contributed by atoms with Crippen molar-refractivity contribution in [3.63, 3.8) is 0 Å². The maximum absolute atomic E-state index is 11.9. The fourth-order valence-electron chi connectivity index (χ4n) is 3.04. The Kier molecular flexibility index (Phi) is 4.45. The van der Waals surface area contributed by atoms with Gasteiger partial charge in [-0.3, -0.25) is 9.59 Å². The summed E-state index contributed by atoms with van der Waals surface area (Å²) in [6.07, 6.45) is 6.37. The van der Waals surface area contributed by atoms with Gasteiger partial charge in [-0.1, -0.05) is 12.8 Å². The molecule has 3 N–H and O–H groups in total. The predicted molar refractivity (Wildman–Crippen MR) is 73.4 cm³/mol. The van der Waals surface area contributed by atoms with Crippen LogP contribution in [0.15, 0.2) is 0 Å². The molecule has 0 radical (unpaired) electrons. The van der Waals surface area contributed by atoms with E-state index in [4.69, 9.17) is 5.73 Å². The highest BCUT2D eigenvalue weighted by atomic mass is 16.2. The minimum atomic E-state index is -0.491. The van der Waals surface area contributed by atoms with Crippen molar-refractivity contribution in [2.45, 2.75) is 76.5 Å². The molecule has 0 aromatic carbocycles. The average Bonchev–Trinajstić information content (AvgIpc) is 3.15. The zero-order valence-corrected chi connectivity index (χ0v) is 11.9. The average molecular weight is 267 g/mol. The van der Waals surface area contributed by atoms with Crippen LogP contribution in [-0.2, 0) is 9.59 Å². The first-order chi connectivity index (χ1) is 9.00. The number of hydrogen-bond acceptors (Lipinski definition) is 3. The summed E-state index contributed by atoms with van der Waals surface area (Å²) in [4.78, 5) is 25.7. The lowest BCUT2D eigenvalue weighted by atomic mass is 9.88. The fourth-order valence-corrected chi connectivity index (χ4v) is 3.04. The smallest absolute Gasteiger partial charge is 0.236 e. The molecule has 5 heteroatoms. The molecule has 2 fully saturated rings. The van der Waals surface area contributed by atoms with Crippen LogP contribution in [0.5, 0.6) is 0 Å². The largest absolute Gasteiger partial charge is 0.350 e. The monoisotopic (exact) mass is 267 g/mol. The summed E-state index contributed by atoms with van der Waals surface area (Å²) in [7, 11) is 0. The van der Waals surface area contributed by atoms with Gasteiger partial charge in [-0.2, -0.15) is 0 Å². The summed E-state index contributed by atoms with van der Waals surface area (Å²) >= 11 is 0. The second-order valence-corrected chi connectivity index (χ2v) is 5.91. The van der Waals surface area contributed by atoms with Crippen LogP contribution in [0, 0.1) is 0 Å². The fraction of sp³-hybridized carbons (Fsp3) is 0.857. The summed E-state index contributed by atoms with van der Waals surface area (Å²) in [5.41, 5.74) is 5.61. The van der Waals surface area contributed by atoms with E-state index in [1.165, 1.54) is 0 Å². The lowest BCUT2D eigenvalue weighted by Gasteiger charge is -2.40. The molecule has 2 amide bonds. The van der Waals surface area contributed by atoms with Gasteiger partial charge in [0.2, 0.25) is 11.8 Å². The first kappa shape index (κ1) is 14.3. The molecular weight excluding hydrogens is 242 g/mol. The molecule has 3 atom stereocenters. The quantitative estimate of drug-likeness (QED) is 0.790. The molecule has 2 saturated carbocycles. The Morgan fingerprint density at radius 1 is 1.21 bits per heavy atom. The molecule has 0 bridgehead atoms. The number of hydrogen-bond donors (Lipinski definition) is 2. The summed E-state index contributed by atoms with van der Waals surface area (Å²) in [5.74, 6) is 0.0191. The molecule has 2 aliphatic rings. The Morgan fingerprint density at radius 3 is 2.37 bits per heavy atom. The second-order valence-electron chi connectivity index (χ2n) is 5.91. The van der Waals surface area contributed by atoms with Crippen LogP contribution >= 0.6 is 0 Å². The Bertz CT molecular complexity index is 353. The van der Waals surface area contributed by atoms with E-state index in [0.29, 0.717) is 6.04 Å². The minimum absolute atomic E-state index is 0.0664. The van der Waals surface area contributed by atoms with Gasteiger partial charge in [0.05, 0.1) is 12.1 Å². The van der Waals surface area contributed by atoms with Crippen molar-refractivity contribution in [2.75, 3.05) is 0 Å². The van der Waals surface area contributed by atoms with Gasteiger partial charge in [0.1, 0.15) is 0 Å². The van der Waals surface area contributed by atoms with E-state index < -0.39 is 6.04 Å². The van der Waals surface area contributed by atoms with Gasteiger partial charge in [0.15, 0.2) is 0 Å². The van der Waals surface area contributed by atoms with Crippen LogP contribution in [0.3, 0.4) is 0 Å². The number of amides is 2. The Balaban J connectivity index is 2.06. The summed E-state index contributed by atoms with van der Waals surface area (Å²) in [6.45, 7) is 3.33. The normalized spacial score (nSPS) is 28.6. The Morgan fingerprint density at radius 2 is 1.84 bits per heavy atom. The maximum atomic E-state index is 11.9. The van der Waals surface area contributed by atoms with Crippen molar-refractivity contribution >= 4 is 11.8 Å². The molecular formula is C14H25N3O2. The highest BCUT2D eigenvalue weighted by Gasteiger charge is 2.40. The van der Waals surface area contributed by atoms with E-state index in [-0.39, 0.29) is 23.9 Å². The summed E-state index contributed by atoms with van der Waals surface area (Å²) in [5, 5.41) is 3.03. The third kappa shape index (κ3) is 3.47. The van der Waals surface area contributed by atoms with Gasteiger partial charge < -0.3 is 16.0 Å². The van der Waals surface area contributed by atoms with Gasteiger partial charge in [-0.05, 0) is 32.6 Å². The number of nitrogens with two attached hydrogens (primary N) is 1. The molecule has 2 aliphatic carbocycles. The predicted octanol–water partition coefficient (Wildman–Crippen LogP) is 0.772. The van der Waals surface area contributed by atoms with Crippen LogP contribution in [0.1, 0.15) is 52.4 Å². The topological polar surface area (TPSA) is 75.4 Å². The van der Waals surface area contributed by atoms with E-state index in [9.17, 15) is 9.59 Å². The van der Waals surface area contributed by atoms with Crippen molar-refractivity contribution < 1.29 is 9.59 Å². The van der Waals surface area contributed by atoms with E-state index in [2.05, 4.69) is 5.32 Å². The van der Waals surface area contributed by atoms with Crippen molar-refractivity contribution in [1.82, 2.24) is 10.2 Å². The zero-order valence-electron chi connectivity index (χ0n) is 11.9.